The van der Waals surface area contributed by atoms with Crippen LogP contribution in [0.3, 0.4) is 0 Å². The van der Waals surface area contributed by atoms with Crippen LogP contribution in [0.15, 0.2) is 47.2 Å². The largest absolute Gasteiger partial charge is 0.314 e. The van der Waals surface area contributed by atoms with E-state index >= 15 is 0 Å². The van der Waals surface area contributed by atoms with Gasteiger partial charge in [-0.05, 0) is 44.9 Å². The molecule has 1 aliphatic carbocycles. The van der Waals surface area contributed by atoms with Crippen molar-refractivity contribution in [1.82, 2.24) is 5.32 Å². The minimum absolute atomic E-state index is 0.714. The quantitative estimate of drug-likeness (QED) is 0.560. The van der Waals surface area contributed by atoms with Gasteiger partial charge >= 0.3 is 0 Å². The maximum Gasteiger partial charge on any atom is 0.0645 e. The minimum Gasteiger partial charge on any atom is -0.314 e. The molecule has 0 heterocycles. The topological polar surface area (TPSA) is 27.6 Å². The number of anilines is 1. The van der Waals surface area contributed by atoms with Crippen molar-refractivity contribution in [3.63, 3.8) is 0 Å². The van der Waals surface area contributed by atoms with Gasteiger partial charge in [-0.25, -0.2) is 5.01 Å². The molecule has 0 aliphatic heterocycles. The van der Waals surface area contributed by atoms with E-state index in [0.29, 0.717) is 6.04 Å². The van der Waals surface area contributed by atoms with Crippen molar-refractivity contribution in [3.05, 3.63) is 42.1 Å². The Morgan fingerprint density at radius 1 is 1.17 bits per heavy atom. The molecule has 1 saturated carbocycles. The van der Waals surface area contributed by atoms with Gasteiger partial charge in [-0.2, -0.15) is 5.10 Å². The van der Waals surface area contributed by atoms with E-state index < -0.39 is 0 Å². The fraction of sp³-hybridized carbons (Fsp3) is 0.550. The summed E-state index contributed by atoms with van der Waals surface area (Å²) in [6, 6.07) is 10.9. The highest BCUT2D eigenvalue weighted by molar-refractivity contribution is 5.50. The van der Waals surface area contributed by atoms with Crippen LogP contribution in [0.2, 0.25) is 0 Å². The number of benzene rings is 1. The van der Waals surface area contributed by atoms with Crippen LogP contribution in [-0.2, 0) is 0 Å². The van der Waals surface area contributed by atoms with Crippen molar-refractivity contribution in [2.45, 2.75) is 64.3 Å². The zero-order valence-electron chi connectivity index (χ0n) is 14.5. The summed E-state index contributed by atoms with van der Waals surface area (Å²) in [6.45, 7) is 6.90. The highest BCUT2D eigenvalue weighted by Crippen LogP contribution is 2.18. The van der Waals surface area contributed by atoms with Crippen LogP contribution in [0.5, 0.6) is 0 Å². The van der Waals surface area contributed by atoms with Gasteiger partial charge in [-0.1, -0.05) is 55.9 Å². The molecule has 1 aromatic rings. The first-order valence-corrected chi connectivity index (χ1v) is 9.01. The van der Waals surface area contributed by atoms with Crippen LogP contribution >= 0.6 is 0 Å². The van der Waals surface area contributed by atoms with E-state index in [-0.39, 0.29) is 0 Å². The van der Waals surface area contributed by atoms with Crippen molar-refractivity contribution < 1.29 is 0 Å². The highest BCUT2D eigenvalue weighted by atomic mass is 15.4. The monoisotopic (exact) mass is 313 g/mol. The molecule has 0 saturated heterocycles. The lowest BCUT2D eigenvalue weighted by molar-refractivity contribution is 0.392. The van der Waals surface area contributed by atoms with Gasteiger partial charge in [0.2, 0.25) is 0 Å². The summed E-state index contributed by atoms with van der Waals surface area (Å²) in [5, 5.41) is 9.70. The molecule has 1 fully saturated rings. The third kappa shape index (κ3) is 6.57. The Hall–Kier alpha value is -1.61. The second kappa shape index (κ2) is 10.2. The number of hydrogen-bond donors (Lipinski definition) is 1. The molecule has 0 aromatic heterocycles. The molecule has 126 valence electrons. The smallest absolute Gasteiger partial charge is 0.0645 e. The van der Waals surface area contributed by atoms with Crippen LogP contribution in [0, 0.1) is 0 Å². The molecule has 0 atom stereocenters. The number of para-hydroxylation sites is 1. The van der Waals surface area contributed by atoms with E-state index in [4.69, 9.17) is 0 Å². The van der Waals surface area contributed by atoms with Crippen LogP contribution in [0.1, 0.15) is 58.3 Å². The summed E-state index contributed by atoms with van der Waals surface area (Å²) < 4.78 is 0. The second-order valence-corrected chi connectivity index (χ2v) is 6.54. The summed E-state index contributed by atoms with van der Waals surface area (Å²) in [5.74, 6) is 0. The van der Waals surface area contributed by atoms with Gasteiger partial charge in [0.15, 0.2) is 0 Å². The maximum atomic E-state index is 4.11. The average molecular weight is 313 g/mol. The molecule has 2 rings (SSSR count). The Kier molecular flexibility index (Phi) is 7.88. The molecule has 0 amide bonds. The summed E-state index contributed by atoms with van der Waals surface area (Å²) in [5.41, 5.74) is 2.37. The Bertz CT molecular complexity index is 473. The summed E-state index contributed by atoms with van der Waals surface area (Å²) >= 11 is 0. The van der Waals surface area contributed by atoms with Gasteiger partial charge in [0.25, 0.3) is 0 Å². The standard InChI is InChI=1S/C20H31N3/c1-18(17-23(21-2)20-13-9-6-10-14-20)15-16-22-19-11-7-4-3-5-8-12-19/h6,9-10,13-14,17,19,22H,2-5,7-8,11-12,15-16H2,1H3/b18-17-. The summed E-state index contributed by atoms with van der Waals surface area (Å²) in [7, 11) is 0. The molecule has 23 heavy (non-hydrogen) atoms. The lowest BCUT2D eigenvalue weighted by atomic mass is 9.96. The summed E-state index contributed by atoms with van der Waals surface area (Å²) in [6.07, 6.45) is 12.8. The van der Waals surface area contributed by atoms with Gasteiger partial charge in [0, 0.05) is 19.0 Å². The van der Waals surface area contributed by atoms with Crippen molar-refractivity contribution in [2.75, 3.05) is 11.6 Å². The lowest BCUT2D eigenvalue weighted by Gasteiger charge is -2.21. The van der Waals surface area contributed by atoms with Crippen LogP contribution in [0.4, 0.5) is 5.69 Å². The Morgan fingerprint density at radius 2 is 1.83 bits per heavy atom. The number of hydrazone groups is 1. The fourth-order valence-corrected chi connectivity index (χ4v) is 3.18. The lowest BCUT2D eigenvalue weighted by Crippen LogP contribution is -2.30. The van der Waals surface area contributed by atoms with Gasteiger partial charge in [0.05, 0.1) is 5.69 Å². The number of nitrogens with one attached hydrogen (secondary N) is 1. The predicted molar refractivity (Wildman–Crippen MR) is 101 cm³/mol. The molecule has 0 bridgehead atoms. The van der Waals surface area contributed by atoms with Crippen molar-refractivity contribution in [2.24, 2.45) is 5.10 Å². The van der Waals surface area contributed by atoms with Gasteiger partial charge in [-0.15, -0.1) is 0 Å². The van der Waals surface area contributed by atoms with Gasteiger partial charge in [0.1, 0.15) is 0 Å². The predicted octanol–water partition coefficient (Wildman–Crippen LogP) is 5.11. The number of rotatable bonds is 7. The van der Waals surface area contributed by atoms with Crippen LogP contribution in [0.25, 0.3) is 0 Å². The Labute approximate surface area is 141 Å². The zero-order chi connectivity index (χ0) is 16.3. The van der Waals surface area contributed by atoms with E-state index in [1.807, 2.05) is 35.3 Å². The third-order valence-electron chi connectivity index (χ3n) is 4.57. The SMILES string of the molecule is C=NN(/C=C(/C)CCNC1CCCCCCC1)c1ccccc1. The Morgan fingerprint density at radius 3 is 2.48 bits per heavy atom. The van der Waals surface area contributed by atoms with E-state index in [1.54, 1.807) is 0 Å². The molecule has 1 aromatic carbocycles. The van der Waals surface area contributed by atoms with E-state index in [0.717, 1.165) is 18.7 Å². The molecule has 0 unspecified atom stereocenters. The van der Waals surface area contributed by atoms with Crippen LogP contribution in [-0.4, -0.2) is 19.3 Å². The summed E-state index contributed by atoms with van der Waals surface area (Å²) in [4.78, 5) is 0. The molecular weight excluding hydrogens is 282 g/mol. The first-order valence-electron chi connectivity index (χ1n) is 9.01. The second-order valence-electron chi connectivity index (χ2n) is 6.54. The van der Waals surface area contributed by atoms with E-state index in [9.17, 15) is 0 Å². The first kappa shape index (κ1) is 17.7. The van der Waals surface area contributed by atoms with Crippen molar-refractivity contribution >= 4 is 12.4 Å². The number of nitrogens with zero attached hydrogens (tertiary/aromatic N) is 2. The van der Waals surface area contributed by atoms with Crippen molar-refractivity contribution in [1.29, 1.82) is 0 Å². The van der Waals surface area contributed by atoms with Crippen molar-refractivity contribution in [3.8, 4) is 0 Å². The first-order chi connectivity index (χ1) is 11.3. The molecule has 1 N–H and O–H groups in total. The maximum absolute atomic E-state index is 4.11. The normalized spacial score (nSPS) is 17.3. The van der Waals surface area contributed by atoms with Crippen LogP contribution < -0.4 is 10.3 Å². The minimum atomic E-state index is 0.714. The highest BCUT2D eigenvalue weighted by Gasteiger charge is 2.10. The molecular formula is C20H31N3. The number of hydrogen-bond acceptors (Lipinski definition) is 3. The van der Waals surface area contributed by atoms with Gasteiger partial charge < -0.3 is 5.32 Å². The fourth-order valence-electron chi connectivity index (χ4n) is 3.18. The van der Waals surface area contributed by atoms with E-state index in [2.05, 4.69) is 30.3 Å². The molecule has 0 spiro atoms. The average Bonchev–Trinajstić information content (AvgIpc) is 2.55. The van der Waals surface area contributed by atoms with E-state index in [1.165, 1.54) is 50.5 Å². The zero-order valence-corrected chi connectivity index (χ0v) is 14.5. The van der Waals surface area contributed by atoms with Gasteiger partial charge in [-0.3, -0.25) is 0 Å². The molecule has 0 radical (unpaired) electrons. The molecule has 3 nitrogen and oxygen atoms in total. The third-order valence-corrected chi connectivity index (χ3v) is 4.57. The Balaban J connectivity index is 1.78. The molecule has 3 heteroatoms. The molecule has 1 aliphatic rings.